The molecule has 1 rings (SSSR count). The molecule has 0 radical (unpaired) electrons. The second-order valence-electron chi connectivity index (χ2n) is 5.00. The van der Waals surface area contributed by atoms with Gasteiger partial charge in [0.1, 0.15) is 0 Å². The Morgan fingerprint density at radius 1 is 1.26 bits per heavy atom. The van der Waals surface area contributed by atoms with Crippen LogP contribution >= 0.6 is 0 Å². The summed E-state index contributed by atoms with van der Waals surface area (Å²) in [5.41, 5.74) is 6.47. The van der Waals surface area contributed by atoms with Crippen LogP contribution in [0.2, 0.25) is 0 Å². The van der Waals surface area contributed by atoms with Gasteiger partial charge in [-0.1, -0.05) is 12.1 Å². The van der Waals surface area contributed by atoms with E-state index in [4.69, 9.17) is 10.8 Å². The molecular weight excluding hydrogens is 244 g/mol. The van der Waals surface area contributed by atoms with Gasteiger partial charge >= 0.3 is 5.97 Å². The SMILES string of the molecule is CC(C)(C(=O)NCCCC(=O)O)c1ccc(N)cc1. The number of carbonyl (C=O) groups is 2. The third kappa shape index (κ3) is 4.28. The van der Waals surface area contributed by atoms with E-state index in [2.05, 4.69) is 5.32 Å². The van der Waals surface area contributed by atoms with E-state index in [9.17, 15) is 9.59 Å². The summed E-state index contributed by atoms with van der Waals surface area (Å²) in [5.74, 6) is -0.977. The molecule has 0 spiro atoms. The Hall–Kier alpha value is -2.04. The first-order chi connectivity index (χ1) is 8.84. The number of nitrogens with one attached hydrogen (secondary N) is 1. The minimum absolute atomic E-state index is 0.0581. The molecule has 0 aliphatic carbocycles. The molecule has 0 atom stereocenters. The van der Waals surface area contributed by atoms with Crippen LogP contribution in [0.15, 0.2) is 24.3 Å². The number of hydrogen-bond acceptors (Lipinski definition) is 3. The van der Waals surface area contributed by atoms with Crippen molar-refractivity contribution in [1.82, 2.24) is 5.32 Å². The molecule has 0 heterocycles. The van der Waals surface area contributed by atoms with Crippen LogP contribution in [-0.2, 0) is 15.0 Å². The summed E-state index contributed by atoms with van der Waals surface area (Å²) >= 11 is 0. The highest BCUT2D eigenvalue weighted by molar-refractivity contribution is 5.87. The molecule has 0 unspecified atom stereocenters. The second kappa shape index (κ2) is 6.22. The maximum Gasteiger partial charge on any atom is 0.303 e. The predicted octanol–water partition coefficient (Wildman–Crippen LogP) is 1.53. The molecule has 19 heavy (non-hydrogen) atoms. The van der Waals surface area contributed by atoms with Crippen LogP contribution in [0.4, 0.5) is 5.69 Å². The number of anilines is 1. The fourth-order valence-electron chi connectivity index (χ4n) is 1.69. The quantitative estimate of drug-likeness (QED) is 0.536. The smallest absolute Gasteiger partial charge is 0.303 e. The van der Waals surface area contributed by atoms with E-state index >= 15 is 0 Å². The van der Waals surface area contributed by atoms with Gasteiger partial charge in [0.25, 0.3) is 0 Å². The van der Waals surface area contributed by atoms with Crippen molar-refractivity contribution in [2.24, 2.45) is 0 Å². The van der Waals surface area contributed by atoms with Gasteiger partial charge in [-0.15, -0.1) is 0 Å². The first-order valence-corrected chi connectivity index (χ1v) is 6.20. The highest BCUT2D eigenvalue weighted by Crippen LogP contribution is 2.24. The molecule has 4 N–H and O–H groups in total. The molecule has 0 aliphatic heterocycles. The zero-order valence-electron chi connectivity index (χ0n) is 11.3. The average Bonchev–Trinajstić information content (AvgIpc) is 2.34. The largest absolute Gasteiger partial charge is 0.481 e. The normalized spacial score (nSPS) is 11.1. The molecule has 0 aromatic heterocycles. The molecule has 5 nitrogen and oxygen atoms in total. The Morgan fingerprint density at radius 2 is 1.84 bits per heavy atom. The lowest BCUT2D eigenvalue weighted by atomic mass is 9.83. The van der Waals surface area contributed by atoms with Crippen molar-refractivity contribution in [1.29, 1.82) is 0 Å². The summed E-state index contributed by atoms with van der Waals surface area (Å²) in [6.45, 7) is 4.01. The maximum absolute atomic E-state index is 12.1. The van der Waals surface area contributed by atoms with Gasteiger partial charge in [0.15, 0.2) is 0 Å². The number of carboxylic acids is 1. The van der Waals surface area contributed by atoms with E-state index in [1.54, 1.807) is 12.1 Å². The minimum atomic E-state index is -0.855. The van der Waals surface area contributed by atoms with Gasteiger partial charge in [-0.2, -0.15) is 0 Å². The first-order valence-electron chi connectivity index (χ1n) is 6.20. The number of rotatable bonds is 6. The third-order valence-corrected chi connectivity index (χ3v) is 3.05. The first kappa shape index (κ1) is 15.0. The Morgan fingerprint density at radius 3 is 2.37 bits per heavy atom. The minimum Gasteiger partial charge on any atom is -0.481 e. The lowest BCUT2D eigenvalue weighted by Crippen LogP contribution is -2.40. The highest BCUT2D eigenvalue weighted by Gasteiger charge is 2.29. The zero-order valence-corrected chi connectivity index (χ0v) is 11.3. The summed E-state index contributed by atoms with van der Waals surface area (Å²) < 4.78 is 0. The van der Waals surface area contributed by atoms with E-state index in [0.29, 0.717) is 18.7 Å². The number of nitrogen functional groups attached to an aromatic ring is 1. The van der Waals surface area contributed by atoms with Crippen LogP contribution in [0.5, 0.6) is 0 Å². The molecule has 0 saturated carbocycles. The number of carboxylic acid groups (broad SMARTS) is 1. The van der Waals surface area contributed by atoms with E-state index < -0.39 is 11.4 Å². The van der Waals surface area contributed by atoms with Gasteiger partial charge in [0.2, 0.25) is 5.91 Å². The van der Waals surface area contributed by atoms with Crippen LogP contribution in [-0.4, -0.2) is 23.5 Å². The van der Waals surface area contributed by atoms with Crippen molar-refractivity contribution in [3.8, 4) is 0 Å². The van der Waals surface area contributed by atoms with E-state index in [-0.39, 0.29) is 12.3 Å². The van der Waals surface area contributed by atoms with Gasteiger partial charge in [0.05, 0.1) is 5.41 Å². The van der Waals surface area contributed by atoms with Gasteiger partial charge in [-0.05, 0) is 38.0 Å². The maximum atomic E-state index is 12.1. The van der Waals surface area contributed by atoms with E-state index in [0.717, 1.165) is 5.56 Å². The lowest BCUT2D eigenvalue weighted by Gasteiger charge is -2.24. The Balaban J connectivity index is 2.58. The van der Waals surface area contributed by atoms with Gasteiger partial charge in [-0.25, -0.2) is 0 Å². The summed E-state index contributed by atoms with van der Waals surface area (Å²) in [6.07, 6.45) is 0.488. The van der Waals surface area contributed by atoms with Crippen molar-refractivity contribution in [3.63, 3.8) is 0 Å². The van der Waals surface area contributed by atoms with E-state index in [1.165, 1.54) is 0 Å². The van der Waals surface area contributed by atoms with Gasteiger partial charge in [0, 0.05) is 18.7 Å². The van der Waals surface area contributed by atoms with Crippen molar-refractivity contribution in [3.05, 3.63) is 29.8 Å². The zero-order chi connectivity index (χ0) is 14.5. The molecular formula is C14H20N2O3. The Kier molecular flexibility index (Phi) is 4.92. The number of hydrogen-bond donors (Lipinski definition) is 3. The number of amides is 1. The standard InChI is InChI=1S/C14H20N2O3/c1-14(2,10-5-7-11(15)8-6-10)13(19)16-9-3-4-12(17)18/h5-8H,3-4,9,15H2,1-2H3,(H,16,19)(H,17,18). The number of carbonyl (C=O) groups excluding carboxylic acids is 1. The number of aliphatic carboxylic acids is 1. The van der Waals surface area contributed by atoms with Crippen LogP contribution in [0, 0.1) is 0 Å². The molecule has 1 amide bonds. The molecule has 0 aliphatic rings. The summed E-state index contributed by atoms with van der Waals surface area (Å²) in [6, 6.07) is 7.17. The predicted molar refractivity (Wildman–Crippen MR) is 73.8 cm³/mol. The van der Waals surface area contributed by atoms with Crippen molar-refractivity contribution >= 4 is 17.6 Å². The molecule has 5 heteroatoms. The topological polar surface area (TPSA) is 92.4 Å². The van der Waals surface area contributed by atoms with E-state index in [1.807, 2.05) is 26.0 Å². The molecule has 1 aromatic carbocycles. The third-order valence-electron chi connectivity index (χ3n) is 3.05. The number of benzene rings is 1. The Bertz CT molecular complexity index is 452. The molecule has 104 valence electrons. The van der Waals surface area contributed by atoms with Crippen LogP contribution < -0.4 is 11.1 Å². The Labute approximate surface area is 112 Å². The average molecular weight is 264 g/mol. The van der Waals surface area contributed by atoms with Gasteiger partial charge in [-0.3, -0.25) is 9.59 Å². The number of nitrogens with two attached hydrogens (primary N) is 1. The summed E-state index contributed by atoms with van der Waals surface area (Å²) in [7, 11) is 0. The highest BCUT2D eigenvalue weighted by atomic mass is 16.4. The summed E-state index contributed by atoms with van der Waals surface area (Å²) in [5, 5.41) is 11.3. The summed E-state index contributed by atoms with van der Waals surface area (Å²) in [4.78, 5) is 22.5. The van der Waals surface area contributed by atoms with Crippen LogP contribution in [0.1, 0.15) is 32.3 Å². The lowest BCUT2D eigenvalue weighted by molar-refractivity contribution is -0.137. The van der Waals surface area contributed by atoms with Crippen molar-refractivity contribution in [2.45, 2.75) is 32.1 Å². The molecule has 0 bridgehead atoms. The van der Waals surface area contributed by atoms with Crippen LogP contribution in [0.3, 0.4) is 0 Å². The van der Waals surface area contributed by atoms with Crippen molar-refractivity contribution in [2.75, 3.05) is 12.3 Å². The molecule has 0 fully saturated rings. The monoisotopic (exact) mass is 264 g/mol. The molecule has 1 aromatic rings. The second-order valence-corrected chi connectivity index (χ2v) is 5.00. The molecule has 0 saturated heterocycles. The van der Waals surface area contributed by atoms with Gasteiger partial charge < -0.3 is 16.2 Å². The van der Waals surface area contributed by atoms with Crippen molar-refractivity contribution < 1.29 is 14.7 Å². The fraction of sp³-hybridized carbons (Fsp3) is 0.429. The van der Waals surface area contributed by atoms with Crippen LogP contribution in [0.25, 0.3) is 0 Å². The fourth-order valence-corrected chi connectivity index (χ4v) is 1.69.